The molecule has 5 heteroatoms. The maximum Gasteiger partial charge on any atom is 0.126 e. The zero-order valence-corrected chi connectivity index (χ0v) is 10.9. The van der Waals surface area contributed by atoms with E-state index >= 15 is 0 Å². The van der Waals surface area contributed by atoms with Crippen molar-refractivity contribution in [3.8, 4) is 0 Å². The highest BCUT2D eigenvalue weighted by Crippen LogP contribution is 2.33. The van der Waals surface area contributed by atoms with Crippen LogP contribution in [-0.4, -0.2) is 15.1 Å². The molecule has 18 heavy (non-hydrogen) atoms. The molecule has 0 aliphatic carbocycles. The fourth-order valence-electron chi connectivity index (χ4n) is 1.54. The second kappa shape index (κ2) is 5.46. The first kappa shape index (κ1) is 13.0. The van der Waals surface area contributed by atoms with E-state index in [1.807, 2.05) is 0 Å². The van der Waals surface area contributed by atoms with Crippen molar-refractivity contribution in [3.63, 3.8) is 0 Å². The molecule has 0 aliphatic heterocycles. The minimum atomic E-state index is -0.723. The summed E-state index contributed by atoms with van der Waals surface area (Å²) in [6, 6.07) is 3.09. The number of hydrogen-bond acceptors (Lipinski definition) is 4. The lowest BCUT2D eigenvalue weighted by Gasteiger charge is -2.12. The highest BCUT2D eigenvalue weighted by atomic mass is 32.2. The predicted octanol–water partition coefficient (Wildman–Crippen LogP) is 3.13. The van der Waals surface area contributed by atoms with Gasteiger partial charge in [-0.2, -0.15) is 0 Å². The Hall–Kier alpha value is -1.46. The number of rotatable bonds is 3. The van der Waals surface area contributed by atoms with Gasteiger partial charge in [-0.3, -0.25) is 4.98 Å². The highest BCUT2D eigenvalue weighted by molar-refractivity contribution is 7.99. The zero-order valence-electron chi connectivity index (χ0n) is 10.1. The van der Waals surface area contributed by atoms with Gasteiger partial charge in [-0.15, -0.1) is 0 Å². The molecule has 1 aromatic carbocycles. The van der Waals surface area contributed by atoms with E-state index in [-0.39, 0.29) is 5.82 Å². The third kappa shape index (κ3) is 2.86. The smallest absolute Gasteiger partial charge is 0.126 e. The topological polar surface area (TPSA) is 46.0 Å². The standard InChI is InChI=1S/C13H13FN2OS/c1-8-5-12(10(9(2)17)6-11(8)14)18-13-7-15-3-4-16-13/h3-7,9,17H,1-2H3. The maximum atomic E-state index is 13.5. The van der Waals surface area contributed by atoms with Gasteiger partial charge in [0.1, 0.15) is 10.8 Å². The lowest BCUT2D eigenvalue weighted by Crippen LogP contribution is -1.97. The Morgan fingerprint density at radius 3 is 2.72 bits per heavy atom. The van der Waals surface area contributed by atoms with E-state index in [0.717, 1.165) is 4.90 Å². The molecule has 0 radical (unpaired) electrons. The molecule has 0 fully saturated rings. The fraction of sp³-hybridized carbons (Fsp3) is 0.231. The van der Waals surface area contributed by atoms with Gasteiger partial charge in [0.05, 0.1) is 12.3 Å². The molecule has 0 saturated carbocycles. The summed E-state index contributed by atoms with van der Waals surface area (Å²) in [7, 11) is 0. The van der Waals surface area contributed by atoms with E-state index in [1.54, 1.807) is 38.5 Å². The van der Waals surface area contributed by atoms with Crippen LogP contribution in [0.25, 0.3) is 0 Å². The van der Waals surface area contributed by atoms with Crippen molar-refractivity contribution >= 4 is 11.8 Å². The molecule has 1 aromatic heterocycles. The SMILES string of the molecule is Cc1cc(Sc2cnccn2)c(C(C)O)cc1F. The summed E-state index contributed by atoms with van der Waals surface area (Å²) < 4.78 is 13.5. The molecule has 1 heterocycles. The third-order valence-electron chi connectivity index (χ3n) is 2.50. The van der Waals surface area contributed by atoms with Crippen LogP contribution in [0.2, 0.25) is 0 Å². The van der Waals surface area contributed by atoms with Crippen LogP contribution in [0.15, 0.2) is 40.6 Å². The van der Waals surface area contributed by atoms with Gasteiger partial charge in [0.15, 0.2) is 0 Å². The van der Waals surface area contributed by atoms with Gasteiger partial charge < -0.3 is 5.11 Å². The predicted molar refractivity (Wildman–Crippen MR) is 67.9 cm³/mol. The summed E-state index contributed by atoms with van der Waals surface area (Å²) in [4.78, 5) is 8.92. The molecule has 2 aromatic rings. The van der Waals surface area contributed by atoms with Crippen LogP contribution in [0.3, 0.4) is 0 Å². The second-order valence-electron chi connectivity index (χ2n) is 3.96. The molecule has 0 spiro atoms. The zero-order chi connectivity index (χ0) is 13.1. The van der Waals surface area contributed by atoms with Crippen LogP contribution >= 0.6 is 11.8 Å². The molecule has 2 rings (SSSR count). The van der Waals surface area contributed by atoms with Crippen molar-refractivity contribution in [2.45, 2.75) is 29.9 Å². The Morgan fingerprint density at radius 1 is 1.33 bits per heavy atom. The van der Waals surface area contributed by atoms with Crippen LogP contribution in [0, 0.1) is 12.7 Å². The number of halogens is 1. The molecule has 0 saturated heterocycles. The molecule has 94 valence electrons. The maximum absolute atomic E-state index is 13.5. The Balaban J connectivity index is 2.40. The van der Waals surface area contributed by atoms with Gasteiger partial charge >= 0.3 is 0 Å². The van der Waals surface area contributed by atoms with E-state index in [9.17, 15) is 9.50 Å². The largest absolute Gasteiger partial charge is 0.389 e. The second-order valence-corrected chi connectivity index (χ2v) is 5.02. The van der Waals surface area contributed by atoms with Crippen molar-refractivity contribution in [3.05, 3.63) is 47.7 Å². The Bertz CT molecular complexity index is 546. The molecule has 3 nitrogen and oxygen atoms in total. The minimum absolute atomic E-state index is 0.311. The van der Waals surface area contributed by atoms with Gasteiger partial charge in [0.2, 0.25) is 0 Å². The summed E-state index contributed by atoms with van der Waals surface area (Å²) in [5.74, 6) is -0.311. The Labute approximate surface area is 109 Å². The summed E-state index contributed by atoms with van der Waals surface area (Å²) in [6.45, 7) is 3.31. The average molecular weight is 264 g/mol. The van der Waals surface area contributed by atoms with Crippen molar-refractivity contribution in [1.29, 1.82) is 0 Å². The Morgan fingerprint density at radius 2 is 2.11 bits per heavy atom. The summed E-state index contributed by atoms with van der Waals surface area (Å²) in [5.41, 5.74) is 1.11. The van der Waals surface area contributed by atoms with Crippen molar-refractivity contribution in [1.82, 2.24) is 9.97 Å². The first-order valence-electron chi connectivity index (χ1n) is 5.50. The average Bonchev–Trinajstić information content (AvgIpc) is 2.34. The molecule has 1 unspecified atom stereocenters. The molecular weight excluding hydrogens is 251 g/mol. The first-order chi connectivity index (χ1) is 8.58. The number of aliphatic hydroxyl groups is 1. The van der Waals surface area contributed by atoms with Crippen molar-refractivity contribution in [2.75, 3.05) is 0 Å². The number of benzene rings is 1. The van der Waals surface area contributed by atoms with Gasteiger partial charge in [0, 0.05) is 17.3 Å². The first-order valence-corrected chi connectivity index (χ1v) is 6.31. The molecule has 0 bridgehead atoms. The van der Waals surface area contributed by atoms with Crippen LogP contribution in [0.5, 0.6) is 0 Å². The van der Waals surface area contributed by atoms with E-state index in [2.05, 4.69) is 9.97 Å². The van der Waals surface area contributed by atoms with Gasteiger partial charge in [-0.25, -0.2) is 9.37 Å². The van der Waals surface area contributed by atoms with Gasteiger partial charge in [0.25, 0.3) is 0 Å². The number of nitrogens with zero attached hydrogens (tertiary/aromatic N) is 2. The molecule has 1 atom stereocenters. The lowest BCUT2D eigenvalue weighted by atomic mass is 10.1. The van der Waals surface area contributed by atoms with Crippen LogP contribution in [0.1, 0.15) is 24.2 Å². The molecule has 0 aliphatic rings. The molecular formula is C13H13FN2OS. The fourth-order valence-corrected chi connectivity index (χ4v) is 2.57. The van der Waals surface area contributed by atoms with E-state index in [0.29, 0.717) is 16.2 Å². The van der Waals surface area contributed by atoms with Gasteiger partial charge in [-0.1, -0.05) is 11.8 Å². The van der Waals surface area contributed by atoms with Crippen LogP contribution in [0.4, 0.5) is 4.39 Å². The van der Waals surface area contributed by atoms with E-state index < -0.39 is 6.10 Å². The van der Waals surface area contributed by atoms with Crippen molar-refractivity contribution < 1.29 is 9.50 Å². The monoisotopic (exact) mass is 264 g/mol. The van der Waals surface area contributed by atoms with Crippen LogP contribution < -0.4 is 0 Å². The quantitative estimate of drug-likeness (QED) is 0.925. The minimum Gasteiger partial charge on any atom is -0.389 e. The van der Waals surface area contributed by atoms with E-state index in [1.165, 1.54) is 17.8 Å². The van der Waals surface area contributed by atoms with Crippen LogP contribution in [-0.2, 0) is 0 Å². The molecule has 0 amide bonds. The Kier molecular flexibility index (Phi) is 3.93. The number of aryl methyl sites for hydroxylation is 1. The lowest BCUT2D eigenvalue weighted by molar-refractivity contribution is 0.196. The number of hydrogen-bond donors (Lipinski definition) is 1. The third-order valence-corrected chi connectivity index (χ3v) is 3.49. The van der Waals surface area contributed by atoms with Crippen molar-refractivity contribution in [2.24, 2.45) is 0 Å². The highest BCUT2D eigenvalue weighted by Gasteiger charge is 2.13. The van der Waals surface area contributed by atoms with Gasteiger partial charge in [-0.05, 0) is 37.1 Å². The number of aromatic nitrogens is 2. The normalized spacial score (nSPS) is 12.4. The summed E-state index contributed by atoms with van der Waals surface area (Å²) in [6.07, 6.45) is 4.10. The molecule has 1 N–H and O–H groups in total. The summed E-state index contributed by atoms with van der Waals surface area (Å²) in [5, 5.41) is 10.4. The number of aliphatic hydroxyl groups excluding tert-OH is 1. The van der Waals surface area contributed by atoms with E-state index in [4.69, 9.17) is 0 Å². The summed E-state index contributed by atoms with van der Waals surface area (Å²) >= 11 is 1.37.